The van der Waals surface area contributed by atoms with Crippen molar-refractivity contribution in [2.24, 2.45) is 0 Å². The Morgan fingerprint density at radius 2 is 1.88 bits per heavy atom. The third kappa shape index (κ3) is 4.11. The molecule has 162 valence electrons. The van der Waals surface area contributed by atoms with E-state index in [9.17, 15) is 9.18 Å². The number of hydrogen-bond donors (Lipinski definition) is 0. The molecule has 2 heterocycles. The van der Waals surface area contributed by atoms with Crippen LogP contribution in [0.5, 0.6) is 11.5 Å². The van der Waals surface area contributed by atoms with Crippen molar-refractivity contribution < 1.29 is 18.7 Å². The zero-order valence-corrected chi connectivity index (χ0v) is 18.4. The molecule has 0 spiro atoms. The predicted molar refractivity (Wildman–Crippen MR) is 122 cm³/mol. The first-order valence-corrected chi connectivity index (χ1v) is 10.9. The van der Waals surface area contributed by atoms with Gasteiger partial charge in [-0.1, -0.05) is 41.4 Å². The predicted octanol–water partition coefficient (Wildman–Crippen LogP) is 6.14. The summed E-state index contributed by atoms with van der Waals surface area (Å²) >= 11 is 12.3. The number of ether oxygens (including phenoxy) is 2. The van der Waals surface area contributed by atoms with Crippen LogP contribution in [-0.2, 0) is 13.0 Å². The third-order valence-electron chi connectivity index (χ3n) is 5.56. The maximum absolute atomic E-state index is 13.2. The zero-order valence-electron chi connectivity index (χ0n) is 16.9. The SMILES string of the molecule is O=C1/C(=C/c2ccc(F)cc2)Oc2c1ccc1c2CN(CCc2ccc(Cl)cc2Cl)CO1. The highest BCUT2D eigenvalue weighted by Gasteiger charge is 2.33. The Balaban J connectivity index is 1.35. The molecule has 0 saturated carbocycles. The van der Waals surface area contributed by atoms with E-state index in [1.807, 2.05) is 18.2 Å². The summed E-state index contributed by atoms with van der Waals surface area (Å²) in [4.78, 5) is 15.0. The molecule has 0 bridgehead atoms. The van der Waals surface area contributed by atoms with Crippen molar-refractivity contribution >= 4 is 35.1 Å². The standard InChI is InChI=1S/C25H18Cl2FNO3/c26-17-4-3-16(21(27)12-17)9-10-29-13-20-22(31-14-29)8-7-19-24(30)23(32-25(19)20)11-15-1-5-18(28)6-2-15/h1-8,11-12H,9-10,13-14H2/b23-11-. The first kappa shape index (κ1) is 21.0. The molecule has 2 aliphatic heterocycles. The molecule has 3 aromatic rings. The Morgan fingerprint density at radius 1 is 1.06 bits per heavy atom. The fourth-order valence-electron chi connectivity index (χ4n) is 3.86. The molecule has 5 rings (SSSR count). The van der Waals surface area contributed by atoms with Gasteiger partial charge < -0.3 is 9.47 Å². The third-order valence-corrected chi connectivity index (χ3v) is 6.15. The van der Waals surface area contributed by atoms with Crippen LogP contribution in [0, 0.1) is 5.82 Å². The Morgan fingerprint density at radius 3 is 2.66 bits per heavy atom. The van der Waals surface area contributed by atoms with Crippen molar-refractivity contribution in [1.29, 1.82) is 0 Å². The molecule has 32 heavy (non-hydrogen) atoms. The van der Waals surface area contributed by atoms with E-state index in [0.717, 1.165) is 24.1 Å². The second-order valence-electron chi connectivity index (χ2n) is 7.72. The maximum Gasteiger partial charge on any atom is 0.231 e. The highest BCUT2D eigenvalue weighted by Crippen LogP contribution is 2.42. The van der Waals surface area contributed by atoms with Gasteiger partial charge in [0.15, 0.2) is 5.76 Å². The highest BCUT2D eigenvalue weighted by atomic mass is 35.5. The minimum Gasteiger partial charge on any atom is -0.478 e. The number of fused-ring (bicyclic) bond motifs is 3. The molecule has 0 fully saturated rings. The number of carbonyl (C=O) groups is 1. The van der Waals surface area contributed by atoms with Gasteiger partial charge in [0.1, 0.15) is 24.0 Å². The summed E-state index contributed by atoms with van der Waals surface area (Å²) < 4.78 is 25.1. The molecule has 0 aliphatic carbocycles. The fourth-order valence-corrected chi connectivity index (χ4v) is 4.36. The van der Waals surface area contributed by atoms with Gasteiger partial charge in [-0.2, -0.15) is 0 Å². The first-order chi connectivity index (χ1) is 15.5. The van der Waals surface area contributed by atoms with Crippen molar-refractivity contribution in [2.75, 3.05) is 13.3 Å². The van der Waals surface area contributed by atoms with E-state index in [-0.39, 0.29) is 17.4 Å². The Hall–Kier alpha value is -2.86. The quantitative estimate of drug-likeness (QED) is 0.430. The summed E-state index contributed by atoms with van der Waals surface area (Å²) in [5.41, 5.74) is 3.04. The number of nitrogens with zero attached hydrogens (tertiary/aromatic N) is 1. The number of halogens is 3. The van der Waals surface area contributed by atoms with E-state index in [4.69, 9.17) is 32.7 Å². The van der Waals surface area contributed by atoms with Crippen LogP contribution >= 0.6 is 23.2 Å². The molecular weight excluding hydrogens is 452 g/mol. The number of allylic oxidation sites excluding steroid dienone is 1. The Labute approximate surface area is 194 Å². The molecule has 0 amide bonds. The molecule has 0 atom stereocenters. The van der Waals surface area contributed by atoms with E-state index >= 15 is 0 Å². The normalized spacial score (nSPS) is 16.5. The van der Waals surface area contributed by atoms with Crippen LogP contribution in [0.25, 0.3) is 6.08 Å². The minimum atomic E-state index is -0.333. The number of carbonyl (C=O) groups excluding carboxylic acids is 1. The second kappa shape index (κ2) is 8.58. The zero-order chi connectivity index (χ0) is 22.2. The van der Waals surface area contributed by atoms with Crippen molar-refractivity contribution in [2.45, 2.75) is 13.0 Å². The number of rotatable bonds is 4. The lowest BCUT2D eigenvalue weighted by molar-refractivity contribution is 0.0950. The van der Waals surface area contributed by atoms with Gasteiger partial charge in [-0.25, -0.2) is 4.39 Å². The van der Waals surface area contributed by atoms with E-state index in [1.54, 1.807) is 30.3 Å². The average molecular weight is 470 g/mol. The van der Waals surface area contributed by atoms with Crippen molar-refractivity contribution in [3.8, 4) is 11.5 Å². The lowest BCUT2D eigenvalue weighted by Crippen LogP contribution is -2.33. The Kier molecular flexibility index (Phi) is 5.64. The van der Waals surface area contributed by atoms with Gasteiger partial charge in [-0.05, 0) is 60.0 Å². The smallest absolute Gasteiger partial charge is 0.231 e. The van der Waals surface area contributed by atoms with Crippen LogP contribution in [0.1, 0.15) is 27.0 Å². The minimum absolute atomic E-state index is 0.197. The molecular formula is C25H18Cl2FNO3. The molecule has 2 aliphatic rings. The summed E-state index contributed by atoms with van der Waals surface area (Å²) in [7, 11) is 0. The van der Waals surface area contributed by atoms with Crippen LogP contribution in [0.15, 0.2) is 60.4 Å². The van der Waals surface area contributed by atoms with Crippen molar-refractivity contribution in [3.05, 3.63) is 98.5 Å². The monoisotopic (exact) mass is 469 g/mol. The van der Waals surface area contributed by atoms with Crippen LogP contribution in [0.2, 0.25) is 10.0 Å². The Bertz CT molecular complexity index is 1240. The highest BCUT2D eigenvalue weighted by molar-refractivity contribution is 6.35. The summed E-state index contributed by atoms with van der Waals surface area (Å²) in [6.45, 7) is 1.74. The summed E-state index contributed by atoms with van der Waals surface area (Å²) in [5, 5.41) is 1.25. The average Bonchev–Trinajstić information content (AvgIpc) is 3.10. The van der Waals surface area contributed by atoms with Crippen LogP contribution in [0.4, 0.5) is 4.39 Å². The lowest BCUT2D eigenvalue weighted by Gasteiger charge is -2.29. The number of Topliss-reactive ketones (excluding diaryl/α,β-unsaturated/α-hetero) is 1. The second-order valence-corrected chi connectivity index (χ2v) is 8.57. The van der Waals surface area contributed by atoms with E-state index < -0.39 is 0 Å². The molecule has 0 N–H and O–H groups in total. The molecule has 7 heteroatoms. The molecule has 0 unspecified atom stereocenters. The lowest BCUT2D eigenvalue weighted by atomic mass is 10.0. The van der Waals surface area contributed by atoms with Crippen molar-refractivity contribution in [3.63, 3.8) is 0 Å². The number of benzene rings is 3. The molecule has 4 nitrogen and oxygen atoms in total. The van der Waals surface area contributed by atoms with Gasteiger partial charge in [0.25, 0.3) is 0 Å². The van der Waals surface area contributed by atoms with Crippen LogP contribution < -0.4 is 9.47 Å². The molecule has 0 radical (unpaired) electrons. The largest absolute Gasteiger partial charge is 0.478 e. The first-order valence-electron chi connectivity index (χ1n) is 10.1. The van der Waals surface area contributed by atoms with E-state index in [2.05, 4.69) is 4.90 Å². The van der Waals surface area contributed by atoms with Gasteiger partial charge in [-0.3, -0.25) is 9.69 Å². The molecule has 3 aromatic carbocycles. The maximum atomic E-state index is 13.2. The summed E-state index contributed by atoms with van der Waals surface area (Å²) in [6, 6.07) is 14.9. The fraction of sp³-hybridized carbons (Fsp3) is 0.160. The van der Waals surface area contributed by atoms with Gasteiger partial charge in [0, 0.05) is 23.1 Å². The number of ketones is 1. The topological polar surface area (TPSA) is 38.8 Å². The molecule has 0 aromatic heterocycles. The van der Waals surface area contributed by atoms with Crippen LogP contribution in [0.3, 0.4) is 0 Å². The summed E-state index contributed by atoms with van der Waals surface area (Å²) in [5.74, 6) is 0.915. The van der Waals surface area contributed by atoms with Gasteiger partial charge in [0.05, 0.1) is 11.1 Å². The van der Waals surface area contributed by atoms with Crippen LogP contribution in [-0.4, -0.2) is 24.0 Å². The molecule has 0 saturated heterocycles. The van der Waals surface area contributed by atoms with Crippen molar-refractivity contribution in [1.82, 2.24) is 4.90 Å². The number of hydrogen-bond acceptors (Lipinski definition) is 4. The van der Waals surface area contributed by atoms with Gasteiger partial charge >= 0.3 is 0 Å². The summed E-state index contributed by atoms with van der Waals surface area (Å²) in [6.07, 6.45) is 2.36. The van der Waals surface area contributed by atoms with Gasteiger partial charge in [-0.15, -0.1) is 0 Å². The van der Waals surface area contributed by atoms with E-state index in [1.165, 1.54) is 12.1 Å². The van der Waals surface area contributed by atoms with E-state index in [0.29, 0.717) is 45.9 Å². The van der Waals surface area contributed by atoms with Gasteiger partial charge in [0.2, 0.25) is 5.78 Å².